The number of hydrogen-bond acceptors (Lipinski definition) is 2. The van der Waals surface area contributed by atoms with Gasteiger partial charge in [-0.3, -0.25) is 0 Å². The van der Waals surface area contributed by atoms with Crippen LogP contribution in [-0.2, 0) is 6.42 Å². The molecule has 0 radical (unpaired) electrons. The largest absolute Gasteiger partial charge is 0.497 e. The van der Waals surface area contributed by atoms with Crippen LogP contribution >= 0.6 is 0 Å². The number of hydrogen-bond donors (Lipinski definition) is 1. The number of halogens is 1. The average Bonchev–Trinajstić information content (AvgIpc) is 2.41. The van der Waals surface area contributed by atoms with Crippen molar-refractivity contribution in [1.29, 1.82) is 0 Å². The molecule has 1 N–H and O–H groups in total. The van der Waals surface area contributed by atoms with Crippen molar-refractivity contribution in [3.63, 3.8) is 0 Å². The molecule has 18 heavy (non-hydrogen) atoms. The molecular formula is C15H15FO2. The zero-order valence-corrected chi connectivity index (χ0v) is 10.1. The molecule has 0 aliphatic carbocycles. The first kappa shape index (κ1) is 12.6. The molecule has 0 saturated heterocycles. The van der Waals surface area contributed by atoms with Crippen LogP contribution in [-0.4, -0.2) is 12.2 Å². The smallest absolute Gasteiger partial charge is 0.123 e. The molecule has 3 heteroatoms. The fourth-order valence-electron chi connectivity index (χ4n) is 1.81. The molecule has 1 atom stereocenters. The van der Waals surface area contributed by atoms with Crippen molar-refractivity contribution in [2.24, 2.45) is 0 Å². The van der Waals surface area contributed by atoms with Crippen molar-refractivity contribution in [1.82, 2.24) is 0 Å². The molecular weight excluding hydrogens is 231 g/mol. The Morgan fingerprint density at radius 2 is 1.89 bits per heavy atom. The maximum Gasteiger partial charge on any atom is 0.123 e. The summed E-state index contributed by atoms with van der Waals surface area (Å²) in [5.74, 6) is 0.445. The molecule has 0 amide bonds. The molecule has 0 fully saturated rings. The van der Waals surface area contributed by atoms with Gasteiger partial charge in [0, 0.05) is 6.42 Å². The van der Waals surface area contributed by atoms with Gasteiger partial charge in [0.05, 0.1) is 13.2 Å². The van der Waals surface area contributed by atoms with Gasteiger partial charge in [0.25, 0.3) is 0 Å². The minimum Gasteiger partial charge on any atom is -0.497 e. The van der Waals surface area contributed by atoms with E-state index in [0.717, 1.165) is 11.1 Å². The minimum absolute atomic E-state index is 0.269. The topological polar surface area (TPSA) is 29.5 Å². The average molecular weight is 246 g/mol. The Balaban J connectivity index is 2.11. The van der Waals surface area contributed by atoms with Gasteiger partial charge >= 0.3 is 0 Å². The minimum atomic E-state index is -0.620. The van der Waals surface area contributed by atoms with Crippen molar-refractivity contribution < 1.29 is 14.2 Å². The van der Waals surface area contributed by atoms with E-state index in [1.54, 1.807) is 25.3 Å². The SMILES string of the molecule is COc1cccc(C(O)Cc2ccc(F)cc2)c1. The van der Waals surface area contributed by atoms with Gasteiger partial charge in [-0.2, -0.15) is 0 Å². The highest BCUT2D eigenvalue weighted by Crippen LogP contribution is 2.22. The molecule has 0 bridgehead atoms. The van der Waals surface area contributed by atoms with Crippen molar-refractivity contribution in [2.45, 2.75) is 12.5 Å². The van der Waals surface area contributed by atoms with Gasteiger partial charge in [0.1, 0.15) is 11.6 Å². The number of benzene rings is 2. The molecule has 0 aliphatic rings. The zero-order valence-electron chi connectivity index (χ0n) is 10.1. The van der Waals surface area contributed by atoms with Gasteiger partial charge in [-0.1, -0.05) is 24.3 Å². The lowest BCUT2D eigenvalue weighted by atomic mass is 10.0. The summed E-state index contributed by atoms with van der Waals surface area (Å²) >= 11 is 0. The summed E-state index contributed by atoms with van der Waals surface area (Å²) in [6, 6.07) is 13.5. The molecule has 0 spiro atoms. The maximum atomic E-state index is 12.8. The Morgan fingerprint density at radius 3 is 2.56 bits per heavy atom. The van der Waals surface area contributed by atoms with Gasteiger partial charge in [0.15, 0.2) is 0 Å². The van der Waals surface area contributed by atoms with Crippen LogP contribution in [0.15, 0.2) is 48.5 Å². The molecule has 2 rings (SSSR count). The summed E-state index contributed by atoms with van der Waals surface area (Å²) in [6.07, 6.45) is -0.168. The Labute approximate surface area is 106 Å². The molecule has 1 unspecified atom stereocenters. The van der Waals surface area contributed by atoms with Crippen LogP contribution in [0.4, 0.5) is 4.39 Å². The predicted molar refractivity (Wildman–Crippen MR) is 68.1 cm³/mol. The maximum absolute atomic E-state index is 12.8. The number of ether oxygens (including phenoxy) is 1. The third kappa shape index (κ3) is 3.08. The van der Waals surface area contributed by atoms with E-state index < -0.39 is 6.10 Å². The van der Waals surface area contributed by atoms with Crippen LogP contribution in [0, 0.1) is 5.82 Å². The van der Waals surface area contributed by atoms with Crippen LogP contribution in [0.1, 0.15) is 17.2 Å². The standard InChI is InChI=1S/C15H15FO2/c1-18-14-4-2-3-12(10-14)15(17)9-11-5-7-13(16)8-6-11/h2-8,10,15,17H,9H2,1H3. The van der Waals surface area contributed by atoms with Gasteiger partial charge in [-0.25, -0.2) is 4.39 Å². The van der Waals surface area contributed by atoms with E-state index in [1.807, 2.05) is 18.2 Å². The van der Waals surface area contributed by atoms with E-state index in [-0.39, 0.29) is 5.82 Å². The molecule has 94 valence electrons. The van der Waals surface area contributed by atoms with Crippen LogP contribution in [0.25, 0.3) is 0 Å². The zero-order chi connectivity index (χ0) is 13.0. The van der Waals surface area contributed by atoms with Crippen molar-refractivity contribution in [3.05, 3.63) is 65.5 Å². The van der Waals surface area contributed by atoms with Gasteiger partial charge in [-0.05, 0) is 35.4 Å². The third-order valence-corrected chi connectivity index (χ3v) is 2.82. The highest BCUT2D eigenvalue weighted by atomic mass is 19.1. The molecule has 0 heterocycles. The number of rotatable bonds is 4. The second-order valence-corrected chi connectivity index (χ2v) is 4.12. The summed E-state index contributed by atoms with van der Waals surface area (Å²) in [6.45, 7) is 0. The number of aliphatic hydroxyl groups excluding tert-OH is 1. The summed E-state index contributed by atoms with van der Waals surface area (Å²) in [5.41, 5.74) is 1.69. The Kier molecular flexibility index (Phi) is 3.95. The Bertz CT molecular complexity index is 508. The second-order valence-electron chi connectivity index (χ2n) is 4.12. The molecule has 2 aromatic rings. The predicted octanol–water partition coefficient (Wildman–Crippen LogP) is 3.11. The van der Waals surface area contributed by atoms with Crippen LogP contribution < -0.4 is 4.74 Å². The number of methoxy groups -OCH3 is 1. The van der Waals surface area contributed by atoms with Crippen molar-refractivity contribution in [2.75, 3.05) is 7.11 Å². The lowest BCUT2D eigenvalue weighted by Crippen LogP contribution is -2.02. The lowest BCUT2D eigenvalue weighted by molar-refractivity contribution is 0.178. The Hall–Kier alpha value is -1.87. The van der Waals surface area contributed by atoms with Gasteiger partial charge in [-0.15, -0.1) is 0 Å². The van der Waals surface area contributed by atoms with Crippen molar-refractivity contribution >= 4 is 0 Å². The highest BCUT2D eigenvalue weighted by Gasteiger charge is 2.09. The van der Waals surface area contributed by atoms with Crippen LogP contribution in [0.2, 0.25) is 0 Å². The van der Waals surface area contributed by atoms with E-state index in [2.05, 4.69) is 0 Å². The van der Waals surface area contributed by atoms with Crippen LogP contribution in [0.5, 0.6) is 5.75 Å². The Morgan fingerprint density at radius 1 is 1.17 bits per heavy atom. The molecule has 0 saturated carbocycles. The monoisotopic (exact) mass is 246 g/mol. The summed E-state index contributed by atoms with van der Waals surface area (Å²) in [4.78, 5) is 0. The molecule has 2 aromatic carbocycles. The van der Waals surface area contributed by atoms with E-state index in [4.69, 9.17) is 4.74 Å². The van der Waals surface area contributed by atoms with E-state index >= 15 is 0 Å². The fraction of sp³-hybridized carbons (Fsp3) is 0.200. The first-order chi connectivity index (χ1) is 8.69. The third-order valence-electron chi connectivity index (χ3n) is 2.82. The first-order valence-electron chi connectivity index (χ1n) is 5.75. The summed E-state index contributed by atoms with van der Waals surface area (Å²) in [7, 11) is 1.59. The first-order valence-corrected chi connectivity index (χ1v) is 5.75. The van der Waals surface area contributed by atoms with Crippen molar-refractivity contribution in [3.8, 4) is 5.75 Å². The van der Waals surface area contributed by atoms with E-state index in [1.165, 1.54) is 12.1 Å². The summed E-state index contributed by atoms with van der Waals surface area (Å²) in [5, 5.41) is 10.1. The normalized spacial score (nSPS) is 12.2. The van der Waals surface area contributed by atoms with E-state index in [9.17, 15) is 9.50 Å². The van der Waals surface area contributed by atoms with E-state index in [0.29, 0.717) is 12.2 Å². The number of aliphatic hydroxyl groups is 1. The van der Waals surface area contributed by atoms with Gasteiger partial charge in [0.2, 0.25) is 0 Å². The summed E-state index contributed by atoms with van der Waals surface area (Å²) < 4.78 is 17.9. The van der Waals surface area contributed by atoms with Gasteiger partial charge < -0.3 is 9.84 Å². The molecule has 2 nitrogen and oxygen atoms in total. The second kappa shape index (κ2) is 5.65. The quantitative estimate of drug-likeness (QED) is 0.898. The molecule has 0 aliphatic heterocycles. The van der Waals surface area contributed by atoms with Crippen LogP contribution in [0.3, 0.4) is 0 Å². The highest BCUT2D eigenvalue weighted by molar-refractivity contribution is 5.31. The molecule has 0 aromatic heterocycles. The lowest BCUT2D eigenvalue weighted by Gasteiger charge is -2.12. The fourth-order valence-corrected chi connectivity index (χ4v) is 1.81.